The van der Waals surface area contributed by atoms with E-state index in [0.717, 1.165) is 51.2 Å². The Kier molecular flexibility index (Phi) is 9.46. The lowest BCUT2D eigenvalue weighted by atomic mass is 10.1. The van der Waals surface area contributed by atoms with Crippen molar-refractivity contribution in [2.75, 3.05) is 23.8 Å². The van der Waals surface area contributed by atoms with Crippen LogP contribution < -0.4 is 15.4 Å². The van der Waals surface area contributed by atoms with Crippen molar-refractivity contribution in [3.05, 3.63) is 95.5 Å². The summed E-state index contributed by atoms with van der Waals surface area (Å²) in [7, 11) is 1.73. The van der Waals surface area contributed by atoms with Crippen molar-refractivity contribution in [2.24, 2.45) is 12.0 Å². The molecular formula is C41H44N8O4. The van der Waals surface area contributed by atoms with Crippen molar-refractivity contribution in [1.29, 1.82) is 0 Å². The molecule has 3 N–H and O–H groups in total. The Morgan fingerprint density at radius 1 is 1.08 bits per heavy atom. The molecule has 53 heavy (non-hydrogen) atoms. The van der Waals surface area contributed by atoms with Gasteiger partial charge in [0.2, 0.25) is 11.7 Å². The van der Waals surface area contributed by atoms with Gasteiger partial charge in [-0.1, -0.05) is 36.4 Å². The third-order valence-corrected chi connectivity index (χ3v) is 9.25. The SMILES string of the molecule is C=C1C[C@H]2C=Nc3cc(OCCCC(=O)Nc4cn(C)c(C(=O)Cc5ccc(-c6nc7ccc(NC(C)(C)C)cc7[nH]6)cc5)n4)c(C)cc3C(=O)N2C1. The van der Waals surface area contributed by atoms with Gasteiger partial charge >= 0.3 is 0 Å². The van der Waals surface area contributed by atoms with Crippen LogP contribution in [0.1, 0.15) is 72.1 Å². The molecule has 2 aliphatic rings. The number of H-pyrrole nitrogens is 1. The molecule has 3 aromatic carbocycles. The number of Topliss-reactive ketones (excluding diaryl/α,β-unsaturated/α-hetero) is 1. The predicted octanol–water partition coefficient (Wildman–Crippen LogP) is 7.19. The zero-order valence-corrected chi connectivity index (χ0v) is 30.7. The molecule has 0 saturated carbocycles. The molecule has 1 saturated heterocycles. The number of ketones is 1. The quantitative estimate of drug-likeness (QED) is 0.0746. The lowest BCUT2D eigenvalue weighted by Crippen LogP contribution is -2.35. The molecule has 1 fully saturated rings. The summed E-state index contributed by atoms with van der Waals surface area (Å²) in [6.07, 6.45) is 4.99. The molecule has 0 bridgehead atoms. The zero-order valence-electron chi connectivity index (χ0n) is 30.7. The number of carbonyl (C=O) groups is 3. The van der Waals surface area contributed by atoms with Gasteiger partial charge in [0.05, 0.1) is 34.9 Å². The maximum Gasteiger partial charge on any atom is 0.256 e. The van der Waals surface area contributed by atoms with Gasteiger partial charge in [0.1, 0.15) is 11.6 Å². The molecule has 7 rings (SSSR count). The number of imidazole rings is 2. The Labute approximate surface area is 308 Å². The normalized spacial score (nSPS) is 15.3. The summed E-state index contributed by atoms with van der Waals surface area (Å²) in [6.45, 7) is 13.1. The molecule has 1 atom stereocenters. The molecule has 2 amide bonds. The molecule has 0 unspecified atom stereocenters. The zero-order chi connectivity index (χ0) is 37.4. The molecule has 0 aliphatic carbocycles. The number of ether oxygens (including phenoxy) is 1. The van der Waals surface area contributed by atoms with Gasteiger partial charge in [-0.15, -0.1) is 0 Å². The smallest absolute Gasteiger partial charge is 0.256 e. The van der Waals surface area contributed by atoms with Gasteiger partial charge in [0, 0.05) is 61.7 Å². The highest BCUT2D eigenvalue weighted by atomic mass is 16.5. The van der Waals surface area contributed by atoms with Crippen LogP contribution in [0.2, 0.25) is 0 Å². The van der Waals surface area contributed by atoms with E-state index < -0.39 is 0 Å². The van der Waals surface area contributed by atoms with Gasteiger partial charge < -0.3 is 29.8 Å². The number of nitrogens with zero attached hydrogens (tertiary/aromatic N) is 5. The van der Waals surface area contributed by atoms with E-state index in [1.165, 1.54) is 0 Å². The van der Waals surface area contributed by atoms with E-state index in [1.54, 1.807) is 28.8 Å². The number of hydrogen-bond donors (Lipinski definition) is 3. The number of fused-ring (bicyclic) bond motifs is 3. The fraction of sp³-hybridized carbons (Fsp3) is 0.317. The lowest BCUT2D eigenvalue weighted by molar-refractivity contribution is -0.116. The number of hydrogen-bond acceptors (Lipinski definition) is 8. The summed E-state index contributed by atoms with van der Waals surface area (Å²) >= 11 is 0. The van der Waals surface area contributed by atoms with Crippen LogP contribution in [0.5, 0.6) is 5.75 Å². The Hall–Kier alpha value is -6.04. The monoisotopic (exact) mass is 712 g/mol. The highest BCUT2D eigenvalue weighted by molar-refractivity contribution is 6.03. The molecular weight excluding hydrogens is 669 g/mol. The first-order valence-corrected chi connectivity index (χ1v) is 17.8. The first-order valence-electron chi connectivity index (χ1n) is 17.8. The molecule has 2 aliphatic heterocycles. The highest BCUT2D eigenvalue weighted by Gasteiger charge is 2.34. The number of amides is 2. The van der Waals surface area contributed by atoms with Crippen LogP contribution in [0.15, 0.2) is 77.9 Å². The summed E-state index contributed by atoms with van der Waals surface area (Å²) in [5.74, 6) is 1.51. The van der Waals surface area contributed by atoms with Gasteiger partial charge in [-0.05, 0) is 75.9 Å². The van der Waals surface area contributed by atoms with Crippen LogP contribution in [0.25, 0.3) is 22.4 Å². The van der Waals surface area contributed by atoms with Crippen LogP contribution in [-0.4, -0.2) is 73.0 Å². The average Bonchev–Trinajstić information content (AvgIpc) is 3.79. The number of carbonyl (C=O) groups excluding carboxylic acids is 3. The Balaban J connectivity index is 0.900. The second-order valence-electron chi connectivity index (χ2n) is 14.9. The molecule has 5 aromatic rings. The van der Waals surface area contributed by atoms with Crippen molar-refractivity contribution < 1.29 is 19.1 Å². The molecule has 2 aromatic heterocycles. The van der Waals surface area contributed by atoms with E-state index in [1.807, 2.05) is 55.6 Å². The van der Waals surface area contributed by atoms with Crippen molar-refractivity contribution in [2.45, 2.75) is 65.0 Å². The van der Waals surface area contributed by atoms with Crippen molar-refractivity contribution in [3.63, 3.8) is 0 Å². The molecule has 0 radical (unpaired) electrons. The number of nitrogens with one attached hydrogen (secondary N) is 3. The summed E-state index contributed by atoms with van der Waals surface area (Å²) in [5, 5.41) is 6.28. The number of aromatic amines is 1. The van der Waals surface area contributed by atoms with Crippen LogP contribution >= 0.6 is 0 Å². The molecule has 272 valence electrons. The third kappa shape index (κ3) is 7.91. The van der Waals surface area contributed by atoms with Crippen LogP contribution in [-0.2, 0) is 18.3 Å². The summed E-state index contributed by atoms with van der Waals surface area (Å²) < 4.78 is 7.63. The number of aliphatic imine (C=N–C) groups is 1. The van der Waals surface area contributed by atoms with E-state index in [-0.39, 0.29) is 47.8 Å². The first kappa shape index (κ1) is 35.4. The molecule has 0 spiro atoms. The van der Waals surface area contributed by atoms with E-state index in [9.17, 15) is 14.4 Å². The predicted molar refractivity (Wildman–Crippen MR) is 207 cm³/mol. The summed E-state index contributed by atoms with van der Waals surface area (Å²) in [5.41, 5.74) is 7.53. The fourth-order valence-corrected chi connectivity index (χ4v) is 6.72. The van der Waals surface area contributed by atoms with Gasteiger partial charge in [-0.3, -0.25) is 19.4 Å². The molecule has 12 heteroatoms. The Bertz CT molecular complexity index is 2280. The highest BCUT2D eigenvalue weighted by Crippen LogP contribution is 2.35. The third-order valence-electron chi connectivity index (χ3n) is 9.25. The standard InChI is InChI=1S/C41H44N8O4/c1-24-16-29-21-42-32-20-35(25(2)17-30(32)40(52)49(29)22-24)53-15-7-8-37(51)45-36-23-48(6)39(46-36)34(50)18-26-9-11-27(12-10-26)38-43-31-14-13-28(19-33(31)44-38)47-41(3,4)5/h9-14,17,19-21,23,29,47H,1,7-8,15-16,18,22H2,2-6H3,(H,43,44)(H,45,51)/t29-/m0/s1. The van der Waals surface area contributed by atoms with E-state index >= 15 is 0 Å². The van der Waals surface area contributed by atoms with E-state index in [2.05, 4.69) is 59.0 Å². The Morgan fingerprint density at radius 2 is 1.87 bits per heavy atom. The molecule has 12 nitrogen and oxygen atoms in total. The topological polar surface area (TPSA) is 147 Å². The largest absolute Gasteiger partial charge is 0.493 e. The van der Waals surface area contributed by atoms with Gasteiger partial charge in [0.25, 0.3) is 5.91 Å². The second-order valence-corrected chi connectivity index (χ2v) is 14.9. The summed E-state index contributed by atoms with van der Waals surface area (Å²) in [4.78, 5) is 58.1. The van der Waals surface area contributed by atoms with Gasteiger partial charge in [-0.25, -0.2) is 9.97 Å². The lowest BCUT2D eigenvalue weighted by Gasteiger charge is -2.21. The second kappa shape index (κ2) is 14.2. The average molecular weight is 713 g/mol. The number of benzene rings is 3. The van der Waals surface area contributed by atoms with Crippen molar-refractivity contribution in [1.82, 2.24) is 24.4 Å². The first-order chi connectivity index (χ1) is 25.3. The minimum absolute atomic E-state index is 0.0500. The number of anilines is 2. The number of aromatic nitrogens is 4. The fourth-order valence-electron chi connectivity index (χ4n) is 6.72. The van der Waals surface area contributed by atoms with Crippen molar-refractivity contribution >= 4 is 52.0 Å². The van der Waals surface area contributed by atoms with Crippen LogP contribution in [0.3, 0.4) is 0 Å². The van der Waals surface area contributed by atoms with Crippen LogP contribution in [0.4, 0.5) is 17.2 Å². The van der Waals surface area contributed by atoms with Crippen molar-refractivity contribution in [3.8, 4) is 17.1 Å². The van der Waals surface area contributed by atoms with E-state index in [0.29, 0.717) is 42.4 Å². The maximum absolute atomic E-state index is 13.2. The number of aryl methyl sites for hydroxylation is 2. The maximum atomic E-state index is 13.2. The van der Waals surface area contributed by atoms with Gasteiger partial charge in [-0.2, -0.15) is 0 Å². The van der Waals surface area contributed by atoms with Crippen LogP contribution in [0, 0.1) is 6.92 Å². The number of rotatable bonds is 11. The van der Waals surface area contributed by atoms with Gasteiger partial charge in [0.15, 0.2) is 11.6 Å². The Morgan fingerprint density at radius 3 is 2.64 bits per heavy atom. The summed E-state index contributed by atoms with van der Waals surface area (Å²) in [6, 6.07) is 17.4. The minimum Gasteiger partial charge on any atom is -0.493 e. The van der Waals surface area contributed by atoms with E-state index in [4.69, 9.17) is 9.72 Å². The minimum atomic E-state index is -0.232. The molecule has 4 heterocycles.